The molecule has 1 aromatic carbocycles. The number of fused-ring (bicyclic) bond motifs is 1. The molecule has 4 rings (SSSR count). The maximum absolute atomic E-state index is 13.7. The second-order valence-electron chi connectivity index (χ2n) is 6.85. The maximum atomic E-state index is 13.7. The number of carbonyl (C=O) groups excluding carboxylic acids is 1. The molecule has 6 heteroatoms. The van der Waals surface area contributed by atoms with Crippen molar-refractivity contribution < 1.29 is 9.18 Å². The van der Waals surface area contributed by atoms with Gasteiger partial charge in [-0.25, -0.2) is 9.37 Å². The van der Waals surface area contributed by atoms with Gasteiger partial charge in [-0.1, -0.05) is 24.3 Å². The number of likely N-dealkylation sites (tertiary alicyclic amines) is 1. The quantitative estimate of drug-likeness (QED) is 0.682. The van der Waals surface area contributed by atoms with Crippen LogP contribution in [0.25, 0.3) is 5.65 Å². The molecule has 3 heterocycles. The van der Waals surface area contributed by atoms with Crippen LogP contribution in [-0.2, 0) is 13.0 Å². The van der Waals surface area contributed by atoms with E-state index in [1.165, 1.54) is 6.07 Å². The van der Waals surface area contributed by atoms with Gasteiger partial charge in [-0.05, 0) is 49.6 Å². The summed E-state index contributed by atoms with van der Waals surface area (Å²) >= 11 is 0. The third kappa shape index (κ3) is 3.71. The van der Waals surface area contributed by atoms with Crippen molar-refractivity contribution in [2.45, 2.75) is 25.8 Å². The predicted molar refractivity (Wildman–Crippen MR) is 102 cm³/mol. The molecule has 1 fully saturated rings. The summed E-state index contributed by atoms with van der Waals surface area (Å²) in [5.41, 5.74) is 2.83. The number of amides is 1. The molecule has 1 aliphatic rings. The molecular weight excluding hydrogens is 343 g/mol. The number of halogens is 1. The Bertz CT molecular complexity index is 946. The van der Waals surface area contributed by atoms with Gasteiger partial charge in [0.15, 0.2) is 5.69 Å². The lowest BCUT2D eigenvalue weighted by molar-refractivity contribution is 0.0786. The largest absolute Gasteiger partial charge is 0.337 e. The minimum Gasteiger partial charge on any atom is -0.337 e. The van der Waals surface area contributed by atoms with E-state index in [2.05, 4.69) is 10.3 Å². The number of benzene rings is 1. The van der Waals surface area contributed by atoms with Gasteiger partial charge < -0.3 is 14.6 Å². The molecule has 27 heavy (non-hydrogen) atoms. The fourth-order valence-corrected chi connectivity index (χ4v) is 3.59. The first-order valence-electron chi connectivity index (χ1n) is 9.43. The minimum absolute atomic E-state index is 0.00195. The Morgan fingerprint density at radius 1 is 1.11 bits per heavy atom. The van der Waals surface area contributed by atoms with Gasteiger partial charge in [0.2, 0.25) is 0 Å². The van der Waals surface area contributed by atoms with Crippen molar-refractivity contribution in [3.8, 4) is 0 Å². The highest BCUT2D eigenvalue weighted by Gasteiger charge is 2.25. The minimum atomic E-state index is -0.181. The predicted octanol–water partition coefficient (Wildman–Crippen LogP) is 3.04. The zero-order chi connectivity index (χ0) is 18.6. The number of imidazole rings is 1. The summed E-state index contributed by atoms with van der Waals surface area (Å²) in [6, 6.07) is 12.6. The summed E-state index contributed by atoms with van der Waals surface area (Å²) in [7, 11) is 0. The molecule has 0 spiro atoms. The van der Waals surface area contributed by atoms with Gasteiger partial charge in [0.25, 0.3) is 5.91 Å². The topological polar surface area (TPSA) is 49.6 Å². The zero-order valence-corrected chi connectivity index (χ0v) is 15.2. The number of nitrogens with one attached hydrogen (secondary N) is 1. The number of pyridine rings is 1. The van der Waals surface area contributed by atoms with Gasteiger partial charge >= 0.3 is 0 Å². The van der Waals surface area contributed by atoms with Gasteiger partial charge in [-0.3, -0.25) is 4.79 Å². The summed E-state index contributed by atoms with van der Waals surface area (Å²) in [5, 5.41) is 3.34. The summed E-state index contributed by atoms with van der Waals surface area (Å²) in [6.45, 7) is 2.73. The third-order valence-electron chi connectivity index (χ3n) is 5.05. The van der Waals surface area contributed by atoms with E-state index in [9.17, 15) is 9.18 Å². The molecule has 0 atom stereocenters. The first-order chi connectivity index (χ1) is 13.2. The smallest absolute Gasteiger partial charge is 0.274 e. The van der Waals surface area contributed by atoms with Gasteiger partial charge in [0.05, 0.1) is 5.69 Å². The van der Waals surface area contributed by atoms with Crippen molar-refractivity contribution in [2.24, 2.45) is 0 Å². The molecule has 140 valence electrons. The van der Waals surface area contributed by atoms with Crippen LogP contribution in [0.1, 0.15) is 34.6 Å². The van der Waals surface area contributed by atoms with Crippen molar-refractivity contribution in [1.29, 1.82) is 0 Å². The molecule has 1 saturated heterocycles. The first-order valence-corrected chi connectivity index (χ1v) is 9.43. The van der Waals surface area contributed by atoms with Crippen LogP contribution < -0.4 is 5.32 Å². The molecule has 0 bridgehead atoms. The molecular formula is C21H23FN4O. The lowest BCUT2D eigenvalue weighted by atomic mass is 10.1. The second-order valence-corrected chi connectivity index (χ2v) is 6.85. The average molecular weight is 366 g/mol. The molecule has 3 aromatic rings. The van der Waals surface area contributed by atoms with Crippen molar-refractivity contribution in [1.82, 2.24) is 19.6 Å². The molecule has 0 aliphatic carbocycles. The molecule has 1 N–H and O–H groups in total. The lowest BCUT2D eigenvalue weighted by Gasteiger charge is -2.15. The maximum Gasteiger partial charge on any atom is 0.274 e. The Labute approximate surface area is 157 Å². The Balaban J connectivity index is 1.50. The lowest BCUT2D eigenvalue weighted by Crippen LogP contribution is -2.30. The van der Waals surface area contributed by atoms with Gasteiger partial charge in [0.1, 0.15) is 11.5 Å². The monoisotopic (exact) mass is 366 g/mol. The zero-order valence-electron chi connectivity index (χ0n) is 15.2. The summed E-state index contributed by atoms with van der Waals surface area (Å²) in [4.78, 5) is 19.4. The molecule has 0 unspecified atom stereocenters. The van der Waals surface area contributed by atoms with Crippen LogP contribution in [0, 0.1) is 5.82 Å². The Hall–Kier alpha value is -2.73. The molecule has 1 amide bonds. The first kappa shape index (κ1) is 17.7. The number of carbonyl (C=O) groups is 1. The highest BCUT2D eigenvalue weighted by atomic mass is 19.1. The van der Waals surface area contributed by atoms with E-state index >= 15 is 0 Å². The van der Waals surface area contributed by atoms with E-state index in [0.29, 0.717) is 30.8 Å². The fraction of sp³-hybridized carbons (Fsp3) is 0.333. The molecule has 5 nitrogen and oxygen atoms in total. The van der Waals surface area contributed by atoms with Gasteiger partial charge in [-0.2, -0.15) is 0 Å². The number of nitrogens with zero attached hydrogens (tertiary/aromatic N) is 3. The third-order valence-corrected chi connectivity index (χ3v) is 5.05. The Kier molecular flexibility index (Phi) is 5.16. The number of hydrogen-bond acceptors (Lipinski definition) is 3. The van der Waals surface area contributed by atoms with Crippen LogP contribution in [0.4, 0.5) is 4.39 Å². The van der Waals surface area contributed by atoms with Crippen molar-refractivity contribution in [3.63, 3.8) is 0 Å². The van der Waals surface area contributed by atoms with Crippen LogP contribution in [0.2, 0.25) is 0 Å². The van der Waals surface area contributed by atoms with E-state index in [1.54, 1.807) is 12.1 Å². The second kappa shape index (κ2) is 7.88. The molecule has 0 saturated carbocycles. The van der Waals surface area contributed by atoms with E-state index in [-0.39, 0.29) is 11.7 Å². The van der Waals surface area contributed by atoms with Crippen molar-refractivity contribution in [3.05, 3.63) is 71.4 Å². The number of rotatable bonds is 6. The highest BCUT2D eigenvalue weighted by molar-refractivity contribution is 5.94. The van der Waals surface area contributed by atoms with E-state index in [0.717, 1.165) is 37.3 Å². The normalized spacial score (nSPS) is 14.2. The molecule has 0 radical (unpaired) electrons. The number of hydrogen-bond donors (Lipinski definition) is 1. The van der Waals surface area contributed by atoms with Crippen LogP contribution in [-0.4, -0.2) is 39.8 Å². The molecule has 1 aliphatic heterocycles. The van der Waals surface area contributed by atoms with Crippen LogP contribution in [0.15, 0.2) is 48.7 Å². The number of aromatic nitrogens is 2. The van der Waals surface area contributed by atoms with Crippen molar-refractivity contribution in [2.75, 3.05) is 19.6 Å². The summed E-state index contributed by atoms with van der Waals surface area (Å²) in [6.07, 6.45) is 4.63. The molecule has 2 aromatic heterocycles. The Morgan fingerprint density at radius 2 is 1.89 bits per heavy atom. The van der Waals surface area contributed by atoms with Gasteiger partial charge in [0, 0.05) is 25.8 Å². The summed E-state index contributed by atoms with van der Waals surface area (Å²) in [5.74, 6) is -0.180. The van der Waals surface area contributed by atoms with Crippen LogP contribution in [0.3, 0.4) is 0 Å². The van der Waals surface area contributed by atoms with Gasteiger partial charge in [-0.15, -0.1) is 0 Å². The SMILES string of the molecule is O=C(c1nc2ccccn2c1CNCCc1ccccc1F)N1CCCC1. The Morgan fingerprint density at radius 3 is 2.70 bits per heavy atom. The fourth-order valence-electron chi connectivity index (χ4n) is 3.59. The van der Waals surface area contributed by atoms with E-state index in [1.807, 2.05) is 39.8 Å². The van der Waals surface area contributed by atoms with Crippen LogP contribution >= 0.6 is 0 Å². The van der Waals surface area contributed by atoms with Crippen LogP contribution in [0.5, 0.6) is 0 Å². The highest BCUT2D eigenvalue weighted by Crippen LogP contribution is 2.18. The van der Waals surface area contributed by atoms with Crippen molar-refractivity contribution >= 4 is 11.6 Å². The van der Waals surface area contributed by atoms with E-state index in [4.69, 9.17) is 0 Å². The average Bonchev–Trinajstić information content (AvgIpc) is 3.34. The summed E-state index contributed by atoms with van der Waals surface area (Å²) < 4.78 is 15.7. The standard InChI is InChI=1S/C21H23FN4O/c22-17-8-2-1-7-16(17)10-11-23-15-18-20(21(27)25-12-5-6-13-25)24-19-9-3-4-14-26(18)19/h1-4,7-9,14,23H,5-6,10-13,15H2. The van der Waals surface area contributed by atoms with E-state index < -0.39 is 0 Å².